The second-order valence-electron chi connectivity index (χ2n) is 5.63. The van der Waals surface area contributed by atoms with Gasteiger partial charge in [-0.1, -0.05) is 44.2 Å². The van der Waals surface area contributed by atoms with Crippen molar-refractivity contribution in [1.82, 2.24) is 4.98 Å². The molecule has 0 radical (unpaired) electrons. The zero-order valence-corrected chi connectivity index (χ0v) is 16.2. The molecule has 0 N–H and O–H groups in total. The number of hydrogen-bond acceptors (Lipinski definition) is 3. The highest BCUT2D eigenvalue weighted by Crippen LogP contribution is 2.38. The van der Waals surface area contributed by atoms with E-state index in [1.807, 2.05) is 44.2 Å². The van der Waals surface area contributed by atoms with Crippen LogP contribution in [-0.2, 0) is 17.5 Å². The minimum atomic E-state index is -4.50. The number of benzene rings is 1. The maximum atomic E-state index is 13.0. The van der Waals surface area contributed by atoms with Crippen LogP contribution in [0.5, 0.6) is 5.88 Å². The molecule has 1 fully saturated rings. The van der Waals surface area contributed by atoms with Gasteiger partial charge in [0, 0.05) is 23.5 Å². The maximum absolute atomic E-state index is 13.0. The zero-order valence-electron chi connectivity index (χ0n) is 14.6. The molecule has 0 saturated heterocycles. The van der Waals surface area contributed by atoms with Gasteiger partial charge in [-0.25, -0.2) is 4.98 Å². The molecule has 1 aliphatic carbocycles. The Balaban J connectivity index is 0.00000117. The van der Waals surface area contributed by atoms with Crippen molar-refractivity contribution < 1.29 is 22.6 Å². The molecule has 0 unspecified atom stereocenters. The first-order chi connectivity index (χ1) is 12.4. The number of hydrogen-bond donors (Lipinski definition) is 0. The summed E-state index contributed by atoms with van der Waals surface area (Å²) >= 11 is 3.00. The van der Waals surface area contributed by atoms with E-state index < -0.39 is 11.7 Å². The molecule has 142 valence electrons. The first-order valence-corrected chi connectivity index (χ1v) is 9.26. The summed E-state index contributed by atoms with van der Waals surface area (Å²) in [5.41, 5.74) is 0.196. The van der Waals surface area contributed by atoms with Crippen LogP contribution in [-0.4, -0.2) is 17.2 Å². The van der Waals surface area contributed by atoms with Gasteiger partial charge in [0.1, 0.15) is 11.7 Å². The summed E-state index contributed by atoms with van der Waals surface area (Å²) < 4.78 is 50.5. The van der Waals surface area contributed by atoms with Crippen molar-refractivity contribution >= 4 is 15.9 Å². The van der Waals surface area contributed by atoms with E-state index >= 15 is 0 Å². The summed E-state index contributed by atoms with van der Waals surface area (Å²) in [6, 6.07) is 10.7. The Morgan fingerprint density at radius 3 is 2.38 bits per heavy atom. The zero-order chi connectivity index (χ0) is 19.2. The van der Waals surface area contributed by atoms with Gasteiger partial charge in [0.05, 0.1) is 12.7 Å². The number of rotatable bonds is 5. The first-order valence-electron chi connectivity index (χ1n) is 8.47. The number of alkyl halides is 3. The number of halogens is 4. The molecular formula is C19H21BrF3NO2. The van der Waals surface area contributed by atoms with E-state index in [0.717, 1.165) is 11.6 Å². The summed E-state index contributed by atoms with van der Waals surface area (Å²) in [7, 11) is 0. The van der Waals surface area contributed by atoms with Crippen LogP contribution < -0.4 is 4.74 Å². The van der Waals surface area contributed by atoms with E-state index in [1.54, 1.807) is 0 Å². The van der Waals surface area contributed by atoms with E-state index in [0.29, 0.717) is 19.4 Å². The fraction of sp³-hybridized carbons (Fsp3) is 0.421. The van der Waals surface area contributed by atoms with Gasteiger partial charge in [0.2, 0.25) is 5.88 Å². The standard InChI is InChI=1S/C17H15BrF3NO2.C2H6/c18-12-6-15(17(19,20)21)16(22-9-12)24-14-7-13(8-14)23-10-11-4-2-1-3-5-11;1-2/h1-6,9,13-14H,7-8,10H2;1-2H3. The Morgan fingerprint density at radius 1 is 1.12 bits per heavy atom. The maximum Gasteiger partial charge on any atom is 0.421 e. The Hall–Kier alpha value is -1.60. The highest BCUT2D eigenvalue weighted by molar-refractivity contribution is 9.10. The molecule has 3 rings (SSSR count). The topological polar surface area (TPSA) is 31.4 Å². The van der Waals surface area contributed by atoms with Crippen LogP contribution in [0.4, 0.5) is 13.2 Å². The molecule has 1 aromatic heterocycles. The van der Waals surface area contributed by atoms with Crippen LogP contribution in [0.2, 0.25) is 0 Å². The summed E-state index contributed by atoms with van der Waals surface area (Å²) in [5.74, 6) is -0.378. The van der Waals surface area contributed by atoms with Crippen molar-refractivity contribution in [3.63, 3.8) is 0 Å². The minimum absolute atomic E-state index is 0.00000814. The molecule has 0 spiro atoms. The quantitative estimate of drug-likeness (QED) is 0.580. The molecular weight excluding hydrogens is 411 g/mol. The normalized spacial score (nSPS) is 19.2. The third kappa shape index (κ3) is 5.71. The molecule has 1 heterocycles. The minimum Gasteiger partial charge on any atom is -0.474 e. The largest absolute Gasteiger partial charge is 0.474 e. The fourth-order valence-electron chi connectivity index (χ4n) is 2.42. The molecule has 2 aromatic rings. The van der Waals surface area contributed by atoms with Crippen LogP contribution >= 0.6 is 15.9 Å². The second kappa shape index (κ2) is 9.37. The highest BCUT2D eigenvalue weighted by Gasteiger charge is 2.38. The predicted molar refractivity (Wildman–Crippen MR) is 97.0 cm³/mol. The fourth-order valence-corrected chi connectivity index (χ4v) is 2.75. The van der Waals surface area contributed by atoms with E-state index in [1.165, 1.54) is 6.20 Å². The average molecular weight is 432 g/mol. The van der Waals surface area contributed by atoms with Crippen LogP contribution in [0.15, 0.2) is 47.1 Å². The van der Waals surface area contributed by atoms with Gasteiger partial charge in [0.25, 0.3) is 0 Å². The van der Waals surface area contributed by atoms with Crippen LogP contribution in [0.1, 0.15) is 37.8 Å². The third-order valence-corrected chi connectivity index (χ3v) is 4.22. The van der Waals surface area contributed by atoms with Gasteiger partial charge in [-0.2, -0.15) is 13.2 Å². The third-order valence-electron chi connectivity index (χ3n) is 3.78. The van der Waals surface area contributed by atoms with Crippen LogP contribution in [0.3, 0.4) is 0 Å². The molecule has 0 bridgehead atoms. The number of pyridine rings is 1. The Bertz CT molecular complexity index is 689. The molecule has 1 saturated carbocycles. The van der Waals surface area contributed by atoms with Crippen molar-refractivity contribution in [1.29, 1.82) is 0 Å². The molecule has 0 amide bonds. The first kappa shape index (κ1) is 20.7. The number of aromatic nitrogens is 1. The summed E-state index contributed by atoms with van der Waals surface area (Å²) in [4.78, 5) is 3.76. The van der Waals surface area contributed by atoms with Gasteiger partial charge < -0.3 is 9.47 Å². The smallest absolute Gasteiger partial charge is 0.421 e. The molecule has 7 heteroatoms. The number of ether oxygens (including phenoxy) is 2. The van der Waals surface area contributed by atoms with Crippen molar-refractivity contribution in [3.8, 4) is 5.88 Å². The van der Waals surface area contributed by atoms with Crippen molar-refractivity contribution in [3.05, 3.63) is 58.2 Å². The summed E-state index contributed by atoms with van der Waals surface area (Å²) in [5, 5.41) is 0. The van der Waals surface area contributed by atoms with Gasteiger partial charge in [-0.3, -0.25) is 0 Å². The summed E-state index contributed by atoms with van der Waals surface area (Å²) in [6.45, 7) is 4.49. The van der Waals surface area contributed by atoms with Gasteiger partial charge in [0.15, 0.2) is 0 Å². The molecule has 0 atom stereocenters. The van der Waals surface area contributed by atoms with Crippen molar-refractivity contribution in [2.45, 2.75) is 51.7 Å². The average Bonchev–Trinajstić information content (AvgIpc) is 2.59. The summed E-state index contributed by atoms with van der Waals surface area (Å²) in [6.07, 6.45) is -2.39. The SMILES string of the molecule is CC.FC(F)(F)c1cc(Br)cnc1OC1CC(OCc2ccccc2)C1. The van der Waals surface area contributed by atoms with Gasteiger partial charge >= 0.3 is 6.18 Å². The van der Waals surface area contributed by atoms with Crippen molar-refractivity contribution in [2.75, 3.05) is 0 Å². The Morgan fingerprint density at radius 2 is 1.77 bits per heavy atom. The Labute approximate surface area is 159 Å². The van der Waals surface area contributed by atoms with Gasteiger partial charge in [-0.05, 0) is 27.6 Å². The van der Waals surface area contributed by atoms with E-state index in [9.17, 15) is 13.2 Å². The lowest BCUT2D eigenvalue weighted by molar-refractivity contribution is -0.141. The molecule has 1 aliphatic rings. The van der Waals surface area contributed by atoms with E-state index in [4.69, 9.17) is 9.47 Å². The lowest BCUT2D eigenvalue weighted by Crippen LogP contribution is -2.40. The lowest BCUT2D eigenvalue weighted by atomic mass is 9.92. The molecule has 26 heavy (non-hydrogen) atoms. The van der Waals surface area contributed by atoms with E-state index in [-0.39, 0.29) is 22.6 Å². The number of nitrogens with zero attached hydrogens (tertiary/aromatic N) is 1. The van der Waals surface area contributed by atoms with Gasteiger partial charge in [-0.15, -0.1) is 0 Å². The van der Waals surface area contributed by atoms with E-state index in [2.05, 4.69) is 20.9 Å². The predicted octanol–water partition coefficient (Wildman–Crippen LogP) is 6.02. The highest BCUT2D eigenvalue weighted by atomic mass is 79.9. The van der Waals surface area contributed by atoms with Crippen LogP contribution in [0.25, 0.3) is 0 Å². The van der Waals surface area contributed by atoms with Crippen LogP contribution in [0, 0.1) is 0 Å². The van der Waals surface area contributed by atoms with Crippen molar-refractivity contribution in [2.24, 2.45) is 0 Å². The monoisotopic (exact) mass is 431 g/mol. The molecule has 3 nitrogen and oxygen atoms in total. The second-order valence-corrected chi connectivity index (χ2v) is 6.55. The molecule has 0 aliphatic heterocycles. The Kier molecular flexibility index (Phi) is 7.46. The molecule has 1 aromatic carbocycles. The lowest BCUT2D eigenvalue weighted by Gasteiger charge is -2.35.